The Bertz CT molecular complexity index is 431. The minimum Gasteiger partial charge on any atom is -0.383 e. The third-order valence-corrected chi connectivity index (χ3v) is 3.61. The van der Waals surface area contributed by atoms with Gasteiger partial charge in [-0.2, -0.15) is 0 Å². The van der Waals surface area contributed by atoms with Crippen LogP contribution in [0, 0.1) is 0 Å². The first-order valence-electron chi connectivity index (χ1n) is 6.13. The van der Waals surface area contributed by atoms with E-state index in [-0.39, 0.29) is 5.91 Å². The number of hydrogen-bond acceptors (Lipinski definition) is 2. The molecule has 0 spiro atoms. The fourth-order valence-corrected chi connectivity index (χ4v) is 2.42. The smallest absolute Gasteiger partial charge is 0.224 e. The molecule has 1 saturated heterocycles. The van der Waals surface area contributed by atoms with E-state index in [1.807, 2.05) is 4.90 Å². The zero-order valence-corrected chi connectivity index (χ0v) is 11.6. The summed E-state index contributed by atoms with van der Waals surface area (Å²) >= 11 is 11.9. The molecule has 0 radical (unpaired) electrons. The van der Waals surface area contributed by atoms with Crippen molar-refractivity contribution in [1.82, 2.24) is 4.90 Å². The fraction of sp³-hybridized carbons (Fsp3) is 0.462. The summed E-state index contributed by atoms with van der Waals surface area (Å²) in [5.74, 6) is 0.207. The van der Waals surface area contributed by atoms with Gasteiger partial charge in [0.25, 0.3) is 0 Å². The molecule has 1 fully saturated rings. The van der Waals surface area contributed by atoms with Crippen LogP contribution in [0.25, 0.3) is 0 Å². The maximum Gasteiger partial charge on any atom is 0.224 e. The van der Waals surface area contributed by atoms with Gasteiger partial charge >= 0.3 is 0 Å². The molecule has 5 heteroatoms. The van der Waals surface area contributed by atoms with Crippen molar-refractivity contribution in [2.75, 3.05) is 25.0 Å². The van der Waals surface area contributed by atoms with Gasteiger partial charge in [0.2, 0.25) is 5.91 Å². The lowest BCUT2D eigenvalue weighted by atomic mass is 10.3. The van der Waals surface area contributed by atoms with E-state index in [4.69, 9.17) is 23.2 Å². The van der Waals surface area contributed by atoms with Crippen molar-refractivity contribution in [3.63, 3.8) is 0 Å². The number of nitrogens with zero attached hydrogens (tertiary/aromatic N) is 1. The second kappa shape index (κ2) is 6.30. The van der Waals surface area contributed by atoms with E-state index < -0.39 is 0 Å². The number of amides is 1. The Morgan fingerprint density at radius 1 is 1.28 bits per heavy atom. The number of halogens is 2. The normalized spacial score (nSPS) is 14.9. The van der Waals surface area contributed by atoms with Crippen molar-refractivity contribution in [3.8, 4) is 0 Å². The van der Waals surface area contributed by atoms with Gasteiger partial charge in [-0.05, 0) is 31.0 Å². The molecule has 1 aromatic carbocycles. The first kappa shape index (κ1) is 13.5. The maximum atomic E-state index is 11.8. The molecule has 0 unspecified atom stereocenters. The average molecular weight is 287 g/mol. The van der Waals surface area contributed by atoms with Crippen molar-refractivity contribution < 1.29 is 4.79 Å². The first-order valence-corrected chi connectivity index (χ1v) is 6.89. The highest BCUT2D eigenvalue weighted by molar-refractivity contribution is 6.35. The van der Waals surface area contributed by atoms with E-state index in [1.54, 1.807) is 18.2 Å². The summed E-state index contributed by atoms with van der Waals surface area (Å²) in [6.07, 6.45) is 2.74. The molecule has 1 amide bonds. The molecule has 0 aromatic heterocycles. The molecule has 98 valence electrons. The molecule has 0 atom stereocenters. The summed E-state index contributed by atoms with van der Waals surface area (Å²) < 4.78 is 0. The molecule has 3 nitrogen and oxygen atoms in total. The highest BCUT2D eigenvalue weighted by Gasteiger charge is 2.17. The standard InChI is InChI=1S/C13H16Cl2N2O/c14-10-3-4-11(15)12(9-10)16-6-5-13(18)17-7-1-2-8-17/h3-4,9,16H,1-2,5-8H2. The Morgan fingerprint density at radius 3 is 2.72 bits per heavy atom. The van der Waals surface area contributed by atoms with Crippen molar-refractivity contribution in [2.24, 2.45) is 0 Å². The summed E-state index contributed by atoms with van der Waals surface area (Å²) in [5.41, 5.74) is 0.776. The van der Waals surface area contributed by atoms with Crippen molar-refractivity contribution in [2.45, 2.75) is 19.3 Å². The summed E-state index contributed by atoms with van der Waals surface area (Å²) in [6.45, 7) is 2.38. The van der Waals surface area contributed by atoms with E-state index in [0.29, 0.717) is 23.0 Å². The molecule has 1 aliphatic rings. The van der Waals surface area contributed by atoms with Gasteiger partial charge in [0.1, 0.15) is 0 Å². The van der Waals surface area contributed by atoms with E-state index in [0.717, 1.165) is 31.6 Å². The Kier molecular flexibility index (Phi) is 4.72. The summed E-state index contributed by atoms with van der Waals surface area (Å²) in [5, 5.41) is 4.39. The van der Waals surface area contributed by atoms with Gasteiger partial charge in [-0.1, -0.05) is 23.2 Å². The second-order valence-corrected chi connectivity index (χ2v) is 5.23. The number of benzene rings is 1. The Morgan fingerprint density at radius 2 is 2.00 bits per heavy atom. The number of rotatable bonds is 4. The lowest BCUT2D eigenvalue weighted by Gasteiger charge is -2.15. The van der Waals surface area contributed by atoms with Crippen molar-refractivity contribution in [3.05, 3.63) is 28.2 Å². The summed E-state index contributed by atoms with van der Waals surface area (Å²) in [4.78, 5) is 13.7. The van der Waals surface area contributed by atoms with Gasteiger partial charge in [0.05, 0.1) is 10.7 Å². The number of hydrogen-bond donors (Lipinski definition) is 1. The number of anilines is 1. The fourth-order valence-electron chi connectivity index (χ4n) is 2.06. The third-order valence-electron chi connectivity index (χ3n) is 3.04. The monoisotopic (exact) mass is 286 g/mol. The molecule has 1 aliphatic heterocycles. The lowest BCUT2D eigenvalue weighted by molar-refractivity contribution is -0.129. The second-order valence-electron chi connectivity index (χ2n) is 4.39. The van der Waals surface area contributed by atoms with Crippen LogP contribution in [0.5, 0.6) is 0 Å². The zero-order valence-electron chi connectivity index (χ0n) is 10.1. The van der Waals surface area contributed by atoms with Crippen LogP contribution >= 0.6 is 23.2 Å². The summed E-state index contributed by atoms with van der Waals surface area (Å²) in [7, 11) is 0. The van der Waals surface area contributed by atoms with Crippen LogP contribution < -0.4 is 5.32 Å². The third kappa shape index (κ3) is 3.53. The number of carbonyl (C=O) groups excluding carboxylic acids is 1. The molecular formula is C13H16Cl2N2O. The molecule has 1 heterocycles. The molecular weight excluding hydrogens is 271 g/mol. The van der Waals surface area contributed by atoms with E-state index in [2.05, 4.69) is 5.32 Å². The topological polar surface area (TPSA) is 32.3 Å². The van der Waals surface area contributed by atoms with E-state index in [1.165, 1.54) is 0 Å². The molecule has 1 N–H and O–H groups in total. The van der Waals surface area contributed by atoms with Crippen LogP contribution in [-0.2, 0) is 4.79 Å². The predicted octanol–water partition coefficient (Wildman–Crippen LogP) is 3.42. The van der Waals surface area contributed by atoms with Gasteiger partial charge < -0.3 is 10.2 Å². The number of nitrogens with one attached hydrogen (secondary N) is 1. The average Bonchev–Trinajstić information content (AvgIpc) is 2.87. The SMILES string of the molecule is O=C(CCNc1cc(Cl)ccc1Cl)N1CCCC1. The largest absolute Gasteiger partial charge is 0.383 e. The van der Waals surface area contributed by atoms with Gasteiger partial charge in [-0.15, -0.1) is 0 Å². The van der Waals surface area contributed by atoms with Crippen LogP contribution in [0.3, 0.4) is 0 Å². The number of likely N-dealkylation sites (tertiary alicyclic amines) is 1. The summed E-state index contributed by atoms with van der Waals surface area (Å²) in [6, 6.07) is 5.25. The quantitative estimate of drug-likeness (QED) is 0.920. The lowest BCUT2D eigenvalue weighted by Crippen LogP contribution is -2.29. The number of carbonyl (C=O) groups is 1. The van der Waals surface area contributed by atoms with Crippen molar-refractivity contribution in [1.29, 1.82) is 0 Å². The van der Waals surface area contributed by atoms with Gasteiger partial charge in [-0.25, -0.2) is 0 Å². The van der Waals surface area contributed by atoms with Crippen LogP contribution in [-0.4, -0.2) is 30.4 Å². The van der Waals surface area contributed by atoms with Gasteiger partial charge in [0, 0.05) is 31.1 Å². The van der Waals surface area contributed by atoms with E-state index in [9.17, 15) is 4.79 Å². The highest BCUT2D eigenvalue weighted by atomic mass is 35.5. The van der Waals surface area contributed by atoms with E-state index >= 15 is 0 Å². The zero-order chi connectivity index (χ0) is 13.0. The van der Waals surface area contributed by atoms with Gasteiger partial charge in [0.15, 0.2) is 0 Å². The molecule has 1 aromatic rings. The molecule has 2 rings (SSSR count). The Hall–Kier alpha value is -0.930. The molecule has 18 heavy (non-hydrogen) atoms. The minimum absolute atomic E-state index is 0.207. The predicted molar refractivity (Wildman–Crippen MR) is 75.4 cm³/mol. The van der Waals surface area contributed by atoms with Gasteiger partial charge in [-0.3, -0.25) is 4.79 Å². The van der Waals surface area contributed by atoms with Crippen LogP contribution in [0.1, 0.15) is 19.3 Å². The van der Waals surface area contributed by atoms with Crippen molar-refractivity contribution >= 4 is 34.8 Å². The molecule has 0 aliphatic carbocycles. The Balaban J connectivity index is 1.81. The highest BCUT2D eigenvalue weighted by Crippen LogP contribution is 2.25. The maximum absolute atomic E-state index is 11.8. The van der Waals surface area contributed by atoms with Crippen LogP contribution in [0.15, 0.2) is 18.2 Å². The molecule has 0 bridgehead atoms. The first-order chi connectivity index (χ1) is 8.66. The minimum atomic E-state index is 0.207. The molecule has 0 saturated carbocycles. The van der Waals surface area contributed by atoms with Crippen LogP contribution in [0.4, 0.5) is 5.69 Å². The van der Waals surface area contributed by atoms with Crippen LogP contribution in [0.2, 0.25) is 10.0 Å². The Labute approximate surface area is 117 Å².